The van der Waals surface area contributed by atoms with Crippen LogP contribution in [0, 0.1) is 0 Å². The summed E-state index contributed by atoms with van der Waals surface area (Å²) in [5.74, 6) is -0.904. The Morgan fingerprint density at radius 1 is 1.44 bits per heavy atom. The molecule has 0 aliphatic carbocycles. The number of hydrogen-bond donors (Lipinski definition) is 2. The number of hydrogen-bond acceptors (Lipinski definition) is 4. The van der Waals surface area contributed by atoms with Gasteiger partial charge in [0.25, 0.3) is 0 Å². The molecule has 0 spiro atoms. The van der Waals surface area contributed by atoms with Crippen LogP contribution in [0.5, 0.6) is 5.75 Å². The average Bonchev–Trinajstić information content (AvgIpc) is 2.71. The quantitative estimate of drug-likeness (QED) is 0.894. The number of carbonyl (C=O) groups is 1. The smallest absolute Gasteiger partial charge is 0.355 e. The van der Waals surface area contributed by atoms with Crippen molar-refractivity contribution >= 4 is 33.2 Å². The second-order valence-corrected chi connectivity index (χ2v) is 4.72. The summed E-state index contributed by atoms with van der Waals surface area (Å²) in [4.78, 5) is 14.6. The molecule has 2 rings (SSSR count). The number of aromatic nitrogens is 1. The van der Waals surface area contributed by atoms with Crippen molar-refractivity contribution in [2.75, 3.05) is 0 Å². The molecule has 82 valence electrons. The van der Waals surface area contributed by atoms with E-state index in [0.717, 1.165) is 5.56 Å². The van der Waals surface area contributed by atoms with Crippen molar-refractivity contribution < 1.29 is 15.0 Å². The van der Waals surface area contributed by atoms with Crippen molar-refractivity contribution in [3.8, 4) is 16.3 Å². The van der Waals surface area contributed by atoms with Crippen LogP contribution in [0.25, 0.3) is 10.6 Å². The first kappa shape index (κ1) is 11.1. The van der Waals surface area contributed by atoms with Crippen molar-refractivity contribution in [1.82, 2.24) is 4.98 Å². The number of aromatic hydroxyl groups is 1. The van der Waals surface area contributed by atoms with Crippen LogP contribution in [0.3, 0.4) is 0 Å². The monoisotopic (exact) mass is 299 g/mol. The summed E-state index contributed by atoms with van der Waals surface area (Å²) < 4.78 is 0.553. The van der Waals surface area contributed by atoms with Gasteiger partial charge in [0, 0.05) is 10.9 Å². The molecule has 0 radical (unpaired) electrons. The molecule has 0 aliphatic rings. The van der Waals surface area contributed by atoms with E-state index in [2.05, 4.69) is 20.9 Å². The molecule has 16 heavy (non-hydrogen) atoms. The molecule has 0 aliphatic heterocycles. The summed E-state index contributed by atoms with van der Waals surface area (Å²) >= 11 is 4.44. The van der Waals surface area contributed by atoms with Crippen molar-refractivity contribution in [2.24, 2.45) is 0 Å². The summed E-state index contributed by atoms with van der Waals surface area (Å²) in [6, 6.07) is 4.91. The van der Waals surface area contributed by atoms with Gasteiger partial charge in [0.05, 0.1) is 4.47 Å². The van der Waals surface area contributed by atoms with Gasteiger partial charge in [0.15, 0.2) is 5.69 Å². The number of carboxylic acid groups (broad SMARTS) is 1. The highest BCUT2D eigenvalue weighted by molar-refractivity contribution is 9.10. The Morgan fingerprint density at radius 2 is 2.19 bits per heavy atom. The highest BCUT2D eigenvalue weighted by Gasteiger charge is 2.10. The zero-order valence-electron chi connectivity index (χ0n) is 7.85. The Morgan fingerprint density at radius 3 is 2.75 bits per heavy atom. The molecule has 0 bridgehead atoms. The van der Waals surface area contributed by atoms with Gasteiger partial charge in [-0.25, -0.2) is 9.78 Å². The lowest BCUT2D eigenvalue weighted by atomic mass is 10.2. The second kappa shape index (κ2) is 4.23. The summed E-state index contributed by atoms with van der Waals surface area (Å²) in [7, 11) is 0. The minimum Gasteiger partial charge on any atom is -0.507 e. The van der Waals surface area contributed by atoms with Crippen LogP contribution in [-0.2, 0) is 0 Å². The fraction of sp³-hybridized carbons (Fsp3) is 0. The largest absolute Gasteiger partial charge is 0.507 e. The van der Waals surface area contributed by atoms with E-state index in [0.29, 0.717) is 9.48 Å². The summed E-state index contributed by atoms with van der Waals surface area (Å²) in [5.41, 5.74) is 0.798. The predicted molar refractivity (Wildman–Crippen MR) is 63.9 cm³/mol. The third-order valence-electron chi connectivity index (χ3n) is 1.92. The van der Waals surface area contributed by atoms with Gasteiger partial charge in [-0.3, -0.25) is 0 Å². The normalized spacial score (nSPS) is 10.3. The molecule has 0 amide bonds. The zero-order chi connectivity index (χ0) is 11.7. The van der Waals surface area contributed by atoms with E-state index < -0.39 is 5.97 Å². The van der Waals surface area contributed by atoms with Crippen molar-refractivity contribution in [2.45, 2.75) is 0 Å². The molecular weight excluding hydrogens is 294 g/mol. The summed E-state index contributed by atoms with van der Waals surface area (Å²) in [6.07, 6.45) is 0. The number of aromatic carboxylic acids is 1. The maximum Gasteiger partial charge on any atom is 0.355 e. The number of rotatable bonds is 2. The van der Waals surface area contributed by atoms with Crippen LogP contribution in [-0.4, -0.2) is 21.2 Å². The van der Waals surface area contributed by atoms with E-state index in [1.54, 1.807) is 12.1 Å². The van der Waals surface area contributed by atoms with Crippen molar-refractivity contribution in [3.63, 3.8) is 0 Å². The van der Waals surface area contributed by atoms with Crippen LogP contribution in [0.1, 0.15) is 10.5 Å². The Hall–Kier alpha value is -1.40. The van der Waals surface area contributed by atoms with E-state index in [1.807, 2.05) is 0 Å². The lowest BCUT2D eigenvalue weighted by Gasteiger charge is -1.99. The molecule has 2 N–H and O–H groups in total. The number of thiazole rings is 1. The second-order valence-electron chi connectivity index (χ2n) is 3.01. The van der Waals surface area contributed by atoms with E-state index in [-0.39, 0.29) is 11.4 Å². The van der Waals surface area contributed by atoms with Gasteiger partial charge < -0.3 is 10.2 Å². The molecule has 0 atom stereocenters. The number of carboxylic acids is 1. The van der Waals surface area contributed by atoms with Crippen LogP contribution >= 0.6 is 27.3 Å². The van der Waals surface area contributed by atoms with Gasteiger partial charge >= 0.3 is 5.97 Å². The molecule has 6 heteroatoms. The number of halogens is 1. The molecule has 1 aromatic heterocycles. The van der Waals surface area contributed by atoms with Crippen molar-refractivity contribution in [1.29, 1.82) is 0 Å². The Balaban J connectivity index is 2.42. The topological polar surface area (TPSA) is 70.4 Å². The van der Waals surface area contributed by atoms with E-state index in [1.165, 1.54) is 22.8 Å². The Kier molecular flexibility index (Phi) is 2.93. The first-order valence-corrected chi connectivity index (χ1v) is 5.93. The molecule has 0 unspecified atom stereocenters. The van der Waals surface area contributed by atoms with Gasteiger partial charge in [0.1, 0.15) is 10.8 Å². The van der Waals surface area contributed by atoms with Gasteiger partial charge in [-0.1, -0.05) is 0 Å². The SMILES string of the molecule is O=C(O)c1csc(-c2ccc(O)c(Br)c2)n1. The molecule has 0 fully saturated rings. The lowest BCUT2D eigenvalue weighted by molar-refractivity contribution is 0.0691. The van der Waals surface area contributed by atoms with Crippen LogP contribution in [0.2, 0.25) is 0 Å². The fourth-order valence-electron chi connectivity index (χ4n) is 1.14. The third-order valence-corrected chi connectivity index (χ3v) is 3.44. The molecule has 4 nitrogen and oxygen atoms in total. The molecular formula is C10H6BrNO3S. The van der Waals surface area contributed by atoms with Gasteiger partial charge in [-0.2, -0.15) is 0 Å². The van der Waals surface area contributed by atoms with Crippen LogP contribution in [0.15, 0.2) is 28.1 Å². The first-order valence-electron chi connectivity index (χ1n) is 4.25. The summed E-state index contributed by atoms with van der Waals surface area (Å²) in [6.45, 7) is 0. The first-order chi connectivity index (χ1) is 7.58. The molecule has 1 heterocycles. The molecule has 1 aromatic carbocycles. The molecule has 0 saturated carbocycles. The minimum atomic E-state index is -1.04. The predicted octanol–water partition coefficient (Wildman–Crippen LogP) is 2.98. The number of phenols is 1. The zero-order valence-corrected chi connectivity index (χ0v) is 10.2. The van der Waals surface area contributed by atoms with E-state index in [9.17, 15) is 9.90 Å². The van der Waals surface area contributed by atoms with E-state index in [4.69, 9.17) is 5.11 Å². The fourth-order valence-corrected chi connectivity index (χ4v) is 2.31. The lowest BCUT2D eigenvalue weighted by Crippen LogP contribution is -1.95. The highest BCUT2D eigenvalue weighted by atomic mass is 79.9. The maximum absolute atomic E-state index is 10.7. The van der Waals surface area contributed by atoms with Crippen LogP contribution < -0.4 is 0 Å². The maximum atomic E-state index is 10.7. The summed E-state index contributed by atoms with van der Waals surface area (Å²) in [5, 5.41) is 20.2. The number of nitrogens with zero attached hydrogens (tertiary/aromatic N) is 1. The van der Waals surface area contributed by atoms with Gasteiger partial charge in [-0.05, 0) is 34.1 Å². The Bertz CT molecular complexity index is 553. The average molecular weight is 300 g/mol. The number of phenolic OH excluding ortho intramolecular Hbond substituents is 1. The van der Waals surface area contributed by atoms with Gasteiger partial charge in [-0.15, -0.1) is 11.3 Å². The highest BCUT2D eigenvalue weighted by Crippen LogP contribution is 2.31. The number of benzene rings is 1. The molecule has 0 saturated heterocycles. The third kappa shape index (κ3) is 2.07. The van der Waals surface area contributed by atoms with E-state index >= 15 is 0 Å². The van der Waals surface area contributed by atoms with Crippen LogP contribution in [0.4, 0.5) is 0 Å². The molecule has 2 aromatic rings. The minimum absolute atomic E-state index is 0.0317. The van der Waals surface area contributed by atoms with Crippen molar-refractivity contribution in [3.05, 3.63) is 33.7 Å². The Labute approximate surface area is 103 Å². The van der Waals surface area contributed by atoms with Gasteiger partial charge in [0.2, 0.25) is 0 Å². The standard InChI is InChI=1S/C10H6BrNO3S/c11-6-3-5(1-2-8(6)13)9-12-7(4-16-9)10(14)15/h1-4,13H,(H,14,15).